The normalized spacial score (nSPS) is 16.0. The third-order valence-corrected chi connectivity index (χ3v) is 5.41. The minimum atomic E-state index is 0.587. The van der Waals surface area contributed by atoms with Gasteiger partial charge in [0.2, 0.25) is 0 Å². The van der Waals surface area contributed by atoms with Gasteiger partial charge in [-0.3, -0.25) is 14.6 Å². The van der Waals surface area contributed by atoms with E-state index in [2.05, 4.69) is 64.7 Å². The van der Waals surface area contributed by atoms with E-state index in [1.807, 2.05) is 17.9 Å². The highest BCUT2D eigenvalue weighted by Gasteiger charge is 2.22. The van der Waals surface area contributed by atoms with Gasteiger partial charge < -0.3 is 0 Å². The third-order valence-electron chi connectivity index (χ3n) is 5.41. The van der Waals surface area contributed by atoms with Crippen molar-refractivity contribution in [1.29, 1.82) is 0 Å². The smallest absolute Gasteiger partial charge is 0.0521 e. The number of aryl methyl sites for hydroxylation is 1. The second kappa shape index (κ2) is 7.83. The topological polar surface area (TPSA) is 34.0 Å². The molecule has 134 valence electrons. The van der Waals surface area contributed by atoms with Crippen molar-refractivity contribution in [2.24, 2.45) is 7.05 Å². The summed E-state index contributed by atoms with van der Waals surface area (Å²) in [5.74, 6) is 0.587. The molecule has 26 heavy (non-hydrogen) atoms. The predicted molar refractivity (Wildman–Crippen MR) is 104 cm³/mol. The highest BCUT2D eigenvalue weighted by atomic mass is 15.3. The number of benzene rings is 1. The quantitative estimate of drug-likeness (QED) is 0.705. The van der Waals surface area contributed by atoms with Crippen molar-refractivity contribution in [2.45, 2.75) is 31.7 Å². The number of piperidine rings is 1. The second-order valence-electron chi connectivity index (χ2n) is 7.25. The van der Waals surface area contributed by atoms with Gasteiger partial charge in [-0.2, -0.15) is 5.10 Å². The number of hydrogen-bond donors (Lipinski definition) is 0. The first-order chi connectivity index (χ1) is 12.8. The van der Waals surface area contributed by atoms with Crippen molar-refractivity contribution in [3.63, 3.8) is 0 Å². The molecule has 1 fully saturated rings. The Morgan fingerprint density at radius 2 is 1.77 bits per heavy atom. The van der Waals surface area contributed by atoms with Gasteiger partial charge in [0.05, 0.1) is 5.69 Å². The maximum Gasteiger partial charge on any atom is 0.0521 e. The van der Waals surface area contributed by atoms with Gasteiger partial charge in [0.25, 0.3) is 0 Å². The summed E-state index contributed by atoms with van der Waals surface area (Å²) in [6, 6.07) is 17.2. The molecule has 0 bridgehead atoms. The zero-order chi connectivity index (χ0) is 17.8. The molecular weight excluding hydrogens is 320 g/mol. The van der Waals surface area contributed by atoms with Gasteiger partial charge in [0.1, 0.15) is 0 Å². The summed E-state index contributed by atoms with van der Waals surface area (Å²) in [6.07, 6.45) is 7.26. The van der Waals surface area contributed by atoms with Gasteiger partial charge >= 0.3 is 0 Å². The van der Waals surface area contributed by atoms with Crippen LogP contribution in [0, 0.1) is 0 Å². The summed E-state index contributed by atoms with van der Waals surface area (Å²) in [5.41, 5.74) is 5.16. The minimum Gasteiger partial charge on any atom is -0.297 e. The highest BCUT2D eigenvalue weighted by Crippen LogP contribution is 2.27. The Bertz CT molecular complexity index is 815. The first kappa shape index (κ1) is 17.0. The van der Waals surface area contributed by atoms with Crippen LogP contribution in [-0.4, -0.2) is 32.8 Å². The first-order valence-corrected chi connectivity index (χ1v) is 9.46. The third kappa shape index (κ3) is 4.02. The van der Waals surface area contributed by atoms with E-state index >= 15 is 0 Å². The average molecular weight is 346 g/mol. The lowest BCUT2D eigenvalue weighted by Gasteiger charge is -2.31. The lowest BCUT2D eigenvalue weighted by atomic mass is 9.92. The van der Waals surface area contributed by atoms with Crippen molar-refractivity contribution in [3.05, 3.63) is 83.4 Å². The number of aromatic nitrogens is 3. The van der Waals surface area contributed by atoms with Crippen LogP contribution < -0.4 is 0 Å². The standard InChI is InChI=1S/C22H26N4/c1-25-21(9-12-24-25)17-26-13-10-20(11-14-26)22-8-7-19(16-23-22)15-18-5-3-2-4-6-18/h2-9,12,16,20H,10-11,13-15,17H2,1H3. The molecule has 4 rings (SSSR count). The maximum atomic E-state index is 4.78. The molecule has 1 saturated heterocycles. The largest absolute Gasteiger partial charge is 0.297 e. The van der Waals surface area contributed by atoms with E-state index in [1.165, 1.54) is 35.4 Å². The Morgan fingerprint density at radius 3 is 2.42 bits per heavy atom. The molecule has 0 unspecified atom stereocenters. The summed E-state index contributed by atoms with van der Waals surface area (Å²) < 4.78 is 1.97. The molecule has 0 saturated carbocycles. The van der Waals surface area contributed by atoms with E-state index < -0.39 is 0 Å². The van der Waals surface area contributed by atoms with E-state index in [9.17, 15) is 0 Å². The molecule has 1 aliphatic heterocycles. The van der Waals surface area contributed by atoms with Crippen LogP contribution in [0.2, 0.25) is 0 Å². The lowest BCUT2D eigenvalue weighted by molar-refractivity contribution is 0.199. The summed E-state index contributed by atoms with van der Waals surface area (Å²) >= 11 is 0. The molecular formula is C22H26N4. The molecule has 0 radical (unpaired) electrons. The van der Waals surface area contributed by atoms with Crippen LogP contribution in [0.15, 0.2) is 60.9 Å². The van der Waals surface area contributed by atoms with E-state index in [4.69, 9.17) is 4.98 Å². The fraction of sp³-hybridized carbons (Fsp3) is 0.364. The summed E-state index contributed by atoms with van der Waals surface area (Å²) in [6.45, 7) is 3.25. The molecule has 3 aromatic rings. The molecule has 0 spiro atoms. The maximum absolute atomic E-state index is 4.78. The van der Waals surface area contributed by atoms with Crippen LogP contribution in [0.25, 0.3) is 0 Å². The molecule has 0 aliphatic carbocycles. The van der Waals surface area contributed by atoms with Crippen molar-refractivity contribution in [1.82, 2.24) is 19.7 Å². The van der Waals surface area contributed by atoms with E-state index in [1.54, 1.807) is 0 Å². The Labute approximate surface area is 155 Å². The second-order valence-corrected chi connectivity index (χ2v) is 7.25. The molecule has 0 atom stereocenters. The van der Waals surface area contributed by atoms with Crippen molar-refractivity contribution < 1.29 is 0 Å². The Morgan fingerprint density at radius 1 is 0.962 bits per heavy atom. The molecule has 3 heterocycles. The Hall–Kier alpha value is -2.46. The first-order valence-electron chi connectivity index (χ1n) is 9.46. The molecule has 2 aromatic heterocycles. The van der Waals surface area contributed by atoms with Gasteiger partial charge in [0, 0.05) is 37.6 Å². The van der Waals surface area contributed by atoms with Gasteiger partial charge in [-0.05, 0) is 55.6 Å². The fourth-order valence-corrected chi connectivity index (χ4v) is 3.79. The summed E-state index contributed by atoms with van der Waals surface area (Å²) in [5, 5.41) is 4.26. The number of rotatable bonds is 5. The average Bonchev–Trinajstić information content (AvgIpc) is 3.09. The van der Waals surface area contributed by atoms with Gasteiger partial charge in [-0.1, -0.05) is 36.4 Å². The predicted octanol–water partition coefficient (Wildman–Crippen LogP) is 3.79. The number of likely N-dealkylation sites (tertiary alicyclic amines) is 1. The molecule has 0 N–H and O–H groups in total. The van der Waals surface area contributed by atoms with Crippen LogP contribution in [0.4, 0.5) is 0 Å². The fourth-order valence-electron chi connectivity index (χ4n) is 3.79. The van der Waals surface area contributed by atoms with Crippen LogP contribution in [-0.2, 0) is 20.0 Å². The van der Waals surface area contributed by atoms with Crippen LogP contribution in [0.1, 0.15) is 41.3 Å². The monoisotopic (exact) mass is 346 g/mol. The van der Waals surface area contributed by atoms with Crippen LogP contribution >= 0.6 is 0 Å². The zero-order valence-electron chi connectivity index (χ0n) is 15.4. The van der Waals surface area contributed by atoms with Crippen molar-refractivity contribution >= 4 is 0 Å². The minimum absolute atomic E-state index is 0.587. The van der Waals surface area contributed by atoms with Crippen LogP contribution in [0.5, 0.6) is 0 Å². The summed E-state index contributed by atoms with van der Waals surface area (Å²) in [4.78, 5) is 7.31. The van der Waals surface area contributed by atoms with Gasteiger partial charge in [-0.15, -0.1) is 0 Å². The van der Waals surface area contributed by atoms with E-state index in [-0.39, 0.29) is 0 Å². The number of nitrogens with zero attached hydrogens (tertiary/aromatic N) is 4. The van der Waals surface area contributed by atoms with Crippen LogP contribution in [0.3, 0.4) is 0 Å². The molecule has 0 amide bonds. The highest BCUT2D eigenvalue weighted by molar-refractivity contribution is 5.25. The van der Waals surface area contributed by atoms with Crippen molar-refractivity contribution in [2.75, 3.05) is 13.1 Å². The number of hydrogen-bond acceptors (Lipinski definition) is 3. The Kier molecular flexibility index (Phi) is 5.12. The molecule has 1 aromatic carbocycles. The Balaban J connectivity index is 1.32. The van der Waals surface area contributed by atoms with E-state index in [0.29, 0.717) is 5.92 Å². The molecule has 4 heteroatoms. The zero-order valence-corrected chi connectivity index (χ0v) is 15.4. The van der Waals surface area contributed by atoms with E-state index in [0.717, 1.165) is 26.1 Å². The molecule has 4 nitrogen and oxygen atoms in total. The summed E-state index contributed by atoms with van der Waals surface area (Å²) in [7, 11) is 2.02. The van der Waals surface area contributed by atoms with Gasteiger partial charge in [-0.25, -0.2) is 0 Å². The lowest BCUT2D eigenvalue weighted by Crippen LogP contribution is -2.33. The molecule has 1 aliphatic rings. The SMILES string of the molecule is Cn1nccc1CN1CCC(c2ccc(Cc3ccccc3)cn2)CC1. The number of pyridine rings is 1. The van der Waals surface area contributed by atoms with Crippen molar-refractivity contribution in [3.8, 4) is 0 Å². The van der Waals surface area contributed by atoms with Gasteiger partial charge in [0.15, 0.2) is 0 Å².